The first-order chi connectivity index (χ1) is 14.9. The van der Waals surface area contributed by atoms with Gasteiger partial charge in [-0.2, -0.15) is 0 Å². The van der Waals surface area contributed by atoms with Gasteiger partial charge in [-0.1, -0.05) is 20.3 Å². The van der Waals surface area contributed by atoms with E-state index in [1.165, 1.54) is 32.8 Å². The average Bonchev–Trinajstić information content (AvgIpc) is 3.61. The fourth-order valence-corrected chi connectivity index (χ4v) is 5.59. The van der Waals surface area contributed by atoms with Crippen LogP contribution in [0.3, 0.4) is 0 Å². The van der Waals surface area contributed by atoms with E-state index in [1.807, 2.05) is 0 Å². The van der Waals surface area contributed by atoms with Crippen molar-refractivity contribution in [1.29, 1.82) is 0 Å². The average molecular weight is 437 g/mol. The summed E-state index contributed by atoms with van der Waals surface area (Å²) in [6.07, 6.45) is 8.83. The summed E-state index contributed by atoms with van der Waals surface area (Å²) in [6, 6.07) is 0.630. The van der Waals surface area contributed by atoms with Crippen LogP contribution in [0.5, 0.6) is 0 Å². The molecule has 7 heteroatoms. The molecule has 178 valence electrons. The van der Waals surface area contributed by atoms with Crippen LogP contribution in [0.25, 0.3) is 0 Å². The standard InChI is InChI=1S/C24H44N4O3/c1-17(2)15-28(20-7-8-20)21-9-10-27(23(29)16-31-3)22(12-21)24(30)26-14-19-6-4-5-18(11-19)13-25/h17-22H,4-16,25H2,1-3H3,(H,26,30)/t18?,19?,21?,22-/m1/s1. The fraction of sp³-hybridized carbons (Fsp3) is 0.917. The zero-order valence-corrected chi connectivity index (χ0v) is 19.9. The molecule has 0 bridgehead atoms. The van der Waals surface area contributed by atoms with Crippen LogP contribution in [0.1, 0.15) is 65.2 Å². The lowest BCUT2D eigenvalue weighted by molar-refractivity contribution is -0.146. The first kappa shape index (κ1) is 24.5. The molecule has 3 fully saturated rings. The first-order valence-corrected chi connectivity index (χ1v) is 12.4. The van der Waals surface area contributed by atoms with Crippen LogP contribution in [-0.4, -0.2) is 79.6 Å². The quantitative estimate of drug-likeness (QED) is 0.547. The molecule has 0 aromatic rings. The maximum Gasteiger partial charge on any atom is 0.249 e. The fourth-order valence-electron chi connectivity index (χ4n) is 5.59. The van der Waals surface area contributed by atoms with Crippen molar-refractivity contribution in [3.05, 3.63) is 0 Å². The number of hydrogen-bond donors (Lipinski definition) is 2. The number of carbonyl (C=O) groups excluding carboxylic acids is 2. The van der Waals surface area contributed by atoms with E-state index in [0.717, 1.165) is 38.8 Å². The van der Waals surface area contributed by atoms with Crippen molar-refractivity contribution < 1.29 is 14.3 Å². The molecule has 0 aromatic carbocycles. The van der Waals surface area contributed by atoms with Crippen molar-refractivity contribution in [3.63, 3.8) is 0 Å². The molecule has 2 amide bonds. The summed E-state index contributed by atoms with van der Waals surface area (Å²) < 4.78 is 5.09. The summed E-state index contributed by atoms with van der Waals surface area (Å²) in [4.78, 5) is 30.4. The van der Waals surface area contributed by atoms with Crippen molar-refractivity contribution >= 4 is 11.8 Å². The van der Waals surface area contributed by atoms with Gasteiger partial charge in [-0.25, -0.2) is 0 Å². The SMILES string of the molecule is COCC(=O)N1CCC(N(CC(C)C)C2CC2)C[C@@H]1C(=O)NCC1CCCC(CN)C1. The van der Waals surface area contributed by atoms with E-state index in [1.54, 1.807) is 4.90 Å². The number of nitrogens with one attached hydrogen (secondary N) is 1. The van der Waals surface area contributed by atoms with E-state index in [0.29, 0.717) is 42.9 Å². The van der Waals surface area contributed by atoms with Gasteiger partial charge in [-0.05, 0) is 69.2 Å². The highest BCUT2D eigenvalue weighted by molar-refractivity contribution is 5.88. The molecule has 1 aliphatic heterocycles. The maximum absolute atomic E-state index is 13.3. The first-order valence-electron chi connectivity index (χ1n) is 12.4. The van der Waals surface area contributed by atoms with Crippen molar-refractivity contribution in [2.24, 2.45) is 23.5 Å². The maximum atomic E-state index is 13.3. The molecule has 2 aliphatic carbocycles. The normalized spacial score (nSPS) is 29.4. The number of ether oxygens (including phenoxy) is 1. The van der Waals surface area contributed by atoms with Crippen molar-refractivity contribution in [2.75, 3.05) is 39.9 Å². The van der Waals surface area contributed by atoms with Gasteiger partial charge in [0.05, 0.1) is 0 Å². The molecule has 1 heterocycles. The monoisotopic (exact) mass is 436 g/mol. The van der Waals surface area contributed by atoms with E-state index in [4.69, 9.17) is 10.5 Å². The minimum atomic E-state index is -0.399. The molecule has 31 heavy (non-hydrogen) atoms. The molecule has 0 radical (unpaired) electrons. The van der Waals surface area contributed by atoms with Crippen LogP contribution < -0.4 is 11.1 Å². The van der Waals surface area contributed by atoms with Gasteiger partial charge >= 0.3 is 0 Å². The number of nitrogens with two attached hydrogens (primary N) is 1. The molecule has 3 rings (SSSR count). The van der Waals surface area contributed by atoms with Crippen LogP contribution >= 0.6 is 0 Å². The molecule has 3 unspecified atom stereocenters. The second kappa shape index (κ2) is 11.6. The predicted molar refractivity (Wildman–Crippen MR) is 122 cm³/mol. The van der Waals surface area contributed by atoms with Crippen molar-refractivity contribution in [3.8, 4) is 0 Å². The predicted octanol–water partition coefficient (Wildman–Crippen LogP) is 1.99. The number of amides is 2. The highest BCUT2D eigenvalue weighted by atomic mass is 16.5. The van der Waals surface area contributed by atoms with Gasteiger partial charge in [0, 0.05) is 38.8 Å². The van der Waals surface area contributed by atoms with E-state index >= 15 is 0 Å². The lowest BCUT2D eigenvalue weighted by Gasteiger charge is -2.43. The lowest BCUT2D eigenvalue weighted by Crippen LogP contribution is -2.58. The second-order valence-electron chi connectivity index (χ2n) is 10.4. The third kappa shape index (κ3) is 6.90. The summed E-state index contributed by atoms with van der Waals surface area (Å²) in [5.74, 6) is 1.60. The molecule has 3 N–H and O–H groups in total. The molecular formula is C24H44N4O3. The molecule has 7 nitrogen and oxygen atoms in total. The number of nitrogens with zero attached hydrogens (tertiary/aromatic N) is 2. The summed E-state index contributed by atoms with van der Waals surface area (Å²) in [5.41, 5.74) is 5.88. The molecule has 0 aromatic heterocycles. The molecule has 0 spiro atoms. The second-order valence-corrected chi connectivity index (χ2v) is 10.4. The Labute approximate surface area is 188 Å². The number of methoxy groups -OCH3 is 1. The molecule has 3 aliphatic rings. The minimum absolute atomic E-state index is 0.00400. The zero-order valence-electron chi connectivity index (χ0n) is 19.9. The number of likely N-dealkylation sites (tertiary alicyclic amines) is 1. The lowest BCUT2D eigenvalue weighted by atomic mass is 9.81. The Hall–Kier alpha value is -1.18. The van der Waals surface area contributed by atoms with E-state index in [-0.39, 0.29) is 18.4 Å². The van der Waals surface area contributed by atoms with E-state index in [2.05, 4.69) is 24.1 Å². The molecule has 4 atom stereocenters. The van der Waals surface area contributed by atoms with Gasteiger partial charge in [0.2, 0.25) is 11.8 Å². The Kier molecular flexibility index (Phi) is 9.17. The van der Waals surface area contributed by atoms with Crippen molar-refractivity contribution in [1.82, 2.24) is 15.1 Å². The third-order valence-electron chi connectivity index (χ3n) is 7.32. The number of carbonyl (C=O) groups is 2. The molecular weight excluding hydrogens is 392 g/mol. The topological polar surface area (TPSA) is 87.9 Å². The number of hydrogen-bond acceptors (Lipinski definition) is 5. The molecule has 2 saturated carbocycles. The van der Waals surface area contributed by atoms with Gasteiger partial charge in [-0.15, -0.1) is 0 Å². The van der Waals surface area contributed by atoms with E-state index in [9.17, 15) is 9.59 Å². The minimum Gasteiger partial charge on any atom is -0.375 e. The number of rotatable bonds is 10. The van der Waals surface area contributed by atoms with Crippen LogP contribution in [0.15, 0.2) is 0 Å². The zero-order chi connectivity index (χ0) is 22.4. The van der Waals surface area contributed by atoms with Gasteiger partial charge in [0.25, 0.3) is 0 Å². The largest absolute Gasteiger partial charge is 0.375 e. The van der Waals surface area contributed by atoms with Crippen LogP contribution in [0.2, 0.25) is 0 Å². The van der Waals surface area contributed by atoms with Crippen LogP contribution in [-0.2, 0) is 14.3 Å². The van der Waals surface area contributed by atoms with Crippen molar-refractivity contribution in [2.45, 2.75) is 83.3 Å². The van der Waals surface area contributed by atoms with Crippen LogP contribution in [0, 0.1) is 17.8 Å². The third-order valence-corrected chi connectivity index (χ3v) is 7.32. The van der Waals surface area contributed by atoms with Crippen LogP contribution in [0.4, 0.5) is 0 Å². The Balaban J connectivity index is 1.64. The van der Waals surface area contributed by atoms with Gasteiger partial charge in [0.1, 0.15) is 12.6 Å². The highest BCUT2D eigenvalue weighted by Gasteiger charge is 2.42. The highest BCUT2D eigenvalue weighted by Crippen LogP contribution is 2.34. The number of piperidine rings is 1. The Morgan fingerprint density at radius 2 is 1.84 bits per heavy atom. The summed E-state index contributed by atoms with van der Waals surface area (Å²) in [7, 11) is 1.54. The summed E-state index contributed by atoms with van der Waals surface area (Å²) in [5, 5.41) is 3.21. The van der Waals surface area contributed by atoms with Gasteiger partial charge in [0.15, 0.2) is 0 Å². The Morgan fingerprint density at radius 1 is 1.10 bits per heavy atom. The smallest absolute Gasteiger partial charge is 0.249 e. The molecule has 1 saturated heterocycles. The summed E-state index contributed by atoms with van der Waals surface area (Å²) in [6.45, 7) is 7.68. The Bertz CT molecular complexity index is 595. The Morgan fingerprint density at radius 3 is 2.48 bits per heavy atom. The summed E-state index contributed by atoms with van der Waals surface area (Å²) >= 11 is 0. The van der Waals surface area contributed by atoms with E-state index < -0.39 is 6.04 Å². The van der Waals surface area contributed by atoms with Gasteiger partial charge in [-0.3, -0.25) is 14.5 Å². The van der Waals surface area contributed by atoms with Gasteiger partial charge < -0.3 is 20.7 Å².